The van der Waals surface area contributed by atoms with Crippen molar-refractivity contribution in [2.45, 2.75) is 19.6 Å². The van der Waals surface area contributed by atoms with Crippen LogP contribution in [0.3, 0.4) is 0 Å². The van der Waals surface area contributed by atoms with Gasteiger partial charge in [0.25, 0.3) is 11.5 Å². The van der Waals surface area contributed by atoms with Crippen LogP contribution in [0.15, 0.2) is 47.4 Å². The number of methoxy groups -OCH3 is 1. The maximum atomic E-state index is 12.0. The molecule has 7 nitrogen and oxygen atoms in total. The number of amides is 1. The van der Waals surface area contributed by atoms with Crippen molar-refractivity contribution in [3.8, 4) is 5.75 Å². The van der Waals surface area contributed by atoms with Crippen molar-refractivity contribution in [2.24, 2.45) is 0 Å². The van der Waals surface area contributed by atoms with Gasteiger partial charge >= 0.3 is 5.97 Å². The number of H-pyrrole nitrogens is 1. The Balaban J connectivity index is 1.88. The molecule has 1 heterocycles. The number of pyridine rings is 1. The summed E-state index contributed by atoms with van der Waals surface area (Å²) >= 11 is 0. The minimum absolute atomic E-state index is 0.146. The van der Waals surface area contributed by atoms with Gasteiger partial charge in [0.15, 0.2) is 6.10 Å². The summed E-state index contributed by atoms with van der Waals surface area (Å²) in [5.74, 6) is -0.573. The fraction of sp³-hybridized carbons (Fsp3) is 0.235. The van der Waals surface area contributed by atoms with Gasteiger partial charge in [0.2, 0.25) is 0 Å². The summed E-state index contributed by atoms with van der Waals surface area (Å²) in [5, 5.41) is 2.66. The summed E-state index contributed by atoms with van der Waals surface area (Å²) in [5.41, 5.74) is 0.169. The maximum Gasteiger partial charge on any atom is 0.344 e. The van der Waals surface area contributed by atoms with E-state index in [-0.39, 0.29) is 12.1 Å². The lowest BCUT2D eigenvalue weighted by atomic mass is 10.2. The third kappa shape index (κ3) is 4.45. The Morgan fingerprint density at radius 1 is 1.21 bits per heavy atom. The smallest absolute Gasteiger partial charge is 0.344 e. The number of hydrogen-bond donors (Lipinski definition) is 2. The van der Waals surface area contributed by atoms with Crippen molar-refractivity contribution in [1.29, 1.82) is 0 Å². The largest absolute Gasteiger partial charge is 0.497 e. The Morgan fingerprint density at radius 2 is 1.92 bits per heavy atom. The van der Waals surface area contributed by atoms with Gasteiger partial charge in [0.05, 0.1) is 7.11 Å². The second kappa shape index (κ2) is 7.96. The van der Waals surface area contributed by atoms with Gasteiger partial charge in [0, 0.05) is 12.7 Å². The zero-order chi connectivity index (χ0) is 17.5. The third-order valence-electron chi connectivity index (χ3n) is 3.32. The fourth-order valence-corrected chi connectivity index (χ4v) is 1.94. The number of esters is 1. The Hall–Kier alpha value is -3.09. The lowest BCUT2D eigenvalue weighted by molar-refractivity contribution is -0.129. The normalized spacial score (nSPS) is 11.4. The van der Waals surface area contributed by atoms with Crippen LogP contribution in [0.1, 0.15) is 22.8 Å². The molecule has 2 rings (SSSR count). The van der Waals surface area contributed by atoms with Gasteiger partial charge in [0.1, 0.15) is 11.3 Å². The minimum Gasteiger partial charge on any atom is -0.497 e. The molecule has 126 valence electrons. The minimum atomic E-state index is -1.02. The topological polar surface area (TPSA) is 97.5 Å². The molecule has 1 aromatic heterocycles. The first-order valence-electron chi connectivity index (χ1n) is 7.30. The van der Waals surface area contributed by atoms with Crippen LogP contribution in [-0.4, -0.2) is 30.1 Å². The zero-order valence-corrected chi connectivity index (χ0v) is 13.4. The van der Waals surface area contributed by atoms with E-state index >= 15 is 0 Å². The molecule has 0 unspecified atom stereocenters. The third-order valence-corrected chi connectivity index (χ3v) is 3.32. The van der Waals surface area contributed by atoms with Crippen molar-refractivity contribution >= 4 is 11.9 Å². The molecule has 1 aromatic carbocycles. The van der Waals surface area contributed by atoms with Crippen LogP contribution in [0.4, 0.5) is 0 Å². The summed E-state index contributed by atoms with van der Waals surface area (Å²) in [6.07, 6.45) is 0.389. The van der Waals surface area contributed by atoms with E-state index < -0.39 is 23.5 Å². The highest BCUT2D eigenvalue weighted by atomic mass is 16.5. The Morgan fingerprint density at radius 3 is 2.54 bits per heavy atom. The molecule has 0 saturated carbocycles. The number of nitrogens with one attached hydrogen (secondary N) is 2. The molecule has 0 aliphatic carbocycles. The average Bonchev–Trinajstić information content (AvgIpc) is 2.60. The molecule has 24 heavy (non-hydrogen) atoms. The molecule has 2 aromatic rings. The van der Waals surface area contributed by atoms with Crippen molar-refractivity contribution < 1.29 is 19.1 Å². The lowest BCUT2D eigenvalue weighted by Gasteiger charge is -2.13. The summed E-state index contributed by atoms with van der Waals surface area (Å²) < 4.78 is 10.1. The van der Waals surface area contributed by atoms with Crippen LogP contribution in [0.2, 0.25) is 0 Å². The van der Waals surface area contributed by atoms with E-state index in [1.165, 1.54) is 25.3 Å². The molecule has 0 bridgehead atoms. The number of benzene rings is 1. The first kappa shape index (κ1) is 17.3. The van der Waals surface area contributed by atoms with Crippen molar-refractivity contribution in [1.82, 2.24) is 10.3 Å². The van der Waals surface area contributed by atoms with Gasteiger partial charge in [-0.15, -0.1) is 0 Å². The van der Waals surface area contributed by atoms with E-state index in [1.54, 1.807) is 19.2 Å². The van der Waals surface area contributed by atoms with Crippen LogP contribution in [0.5, 0.6) is 5.75 Å². The Bertz CT molecular complexity index is 767. The first-order chi connectivity index (χ1) is 11.5. The van der Waals surface area contributed by atoms with Crippen molar-refractivity contribution in [2.75, 3.05) is 7.11 Å². The van der Waals surface area contributed by atoms with Crippen molar-refractivity contribution in [3.05, 3.63) is 64.1 Å². The number of hydrogen-bond acceptors (Lipinski definition) is 5. The standard InChI is InChI=1S/C17H18N2O5/c1-11(24-17(22)14-4-3-9-18-16(14)21)15(20)19-10-12-5-7-13(23-2)8-6-12/h3-9,11H,10H2,1-2H3,(H,18,21)(H,19,20)/t11-/m1/s1. The molecular formula is C17H18N2O5. The predicted molar refractivity (Wildman–Crippen MR) is 86.8 cm³/mol. The molecule has 0 aliphatic heterocycles. The van der Waals surface area contributed by atoms with Gasteiger partial charge < -0.3 is 19.8 Å². The predicted octanol–water partition coefficient (Wildman–Crippen LogP) is 1.25. The van der Waals surface area contributed by atoms with Crippen LogP contribution in [0.25, 0.3) is 0 Å². The molecule has 0 aliphatic rings. The summed E-state index contributed by atoms with van der Waals surface area (Å²) in [7, 11) is 1.57. The van der Waals surface area contributed by atoms with Gasteiger partial charge in [-0.3, -0.25) is 9.59 Å². The lowest BCUT2D eigenvalue weighted by Crippen LogP contribution is -2.36. The van der Waals surface area contributed by atoms with Crippen LogP contribution >= 0.6 is 0 Å². The van der Waals surface area contributed by atoms with E-state index in [4.69, 9.17) is 9.47 Å². The molecule has 2 N–H and O–H groups in total. The molecule has 1 amide bonds. The fourth-order valence-electron chi connectivity index (χ4n) is 1.94. The highest BCUT2D eigenvalue weighted by Gasteiger charge is 2.20. The second-order valence-corrected chi connectivity index (χ2v) is 5.03. The quantitative estimate of drug-likeness (QED) is 0.777. The van der Waals surface area contributed by atoms with Crippen LogP contribution in [0, 0.1) is 0 Å². The van der Waals surface area contributed by atoms with E-state index in [2.05, 4.69) is 10.3 Å². The van der Waals surface area contributed by atoms with Crippen LogP contribution < -0.4 is 15.6 Å². The van der Waals surface area contributed by atoms with Gasteiger partial charge in [-0.2, -0.15) is 0 Å². The van der Waals surface area contributed by atoms with E-state index in [0.29, 0.717) is 0 Å². The summed E-state index contributed by atoms with van der Waals surface area (Å²) in [6.45, 7) is 1.73. The van der Waals surface area contributed by atoms with E-state index in [9.17, 15) is 14.4 Å². The Kier molecular flexibility index (Phi) is 5.73. The van der Waals surface area contributed by atoms with Crippen molar-refractivity contribution in [3.63, 3.8) is 0 Å². The number of aromatic amines is 1. The molecule has 0 spiro atoms. The molecule has 0 fully saturated rings. The zero-order valence-electron chi connectivity index (χ0n) is 13.4. The number of rotatable bonds is 6. The monoisotopic (exact) mass is 330 g/mol. The molecule has 7 heteroatoms. The second-order valence-electron chi connectivity index (χ2n) is 5.03. The molecule has 1 atom stereocenters. The highest BCUT2D eigenvalue weighted by Crippen LogP contribution is 2.11. The SMILES string of the molecule is COc1ccc(CNC(=O)[C@@H](C)OC(=O)c2ccc[nH]c2=O)cc1. The molecular weight excluding hydrogens is 312 g/mol. The van der Waals surface area contributed by atoms with E-state index in [1.807, 2.05) is 12.1 Å². The average molecular weight is 330 g/mol. The molecule has 0 saturated heterocycles. The van der Waals surface area contributed by atoms with Crippen LogP contribution in [-0.2, 0) is 16.1 Å². The van der Waals surface area contributed by atoms with Gasteiger partial charge in [-0.1, -0.05) is 12.1 Å². The number of carbonyl (C=O) groups is 2. The van der Waals surface area contributed by atoms with Gasteiger partial charge in [-0.25, -0.2) is 4.79 Å². The summed E-state index contributed by atoms with van der Waals surface area (Å²) in [4.78, 5) is 37.8. The number of ether oxygens (including phenoxy) is 2. The number of carbonyl (C=O) groups excluding carboxylic acids is 2. The first-order valence-corrected chi connectivity index (χ1v) is 7.30. The van der Waals surface area contributed by atoms with E-state index in [0.717, 1.165) is 11.3 Å². The molecule has 0 radical (unpaired) electrons. The highest BCUT2D eigenvalue weighted by molar-refractivity contribution is 5.91. The summed E-state index contributed by atoms with van der Waals surface area (Å²) in [6, 6.07) is 10.0. The Labute approximate surface area is 138 Å². The van der Waals surface area contributed by atoms with Gasteiger partial charge in [-0.05, 0) is 36.8 Å². The number of aromatic nitrogens is 1. The maximum absolute atomic E-state index is 12.0.